The van der Waals surface area contributed by atoms with E-state index in [1.54, 1.807) is 6.07 Å². The van der Waals surface area contributed by atoms with Crippen LogP contribution in [0.1, 0.15) is 17.3 Å². The zero-order valence-corrected chi connectivity index (χ0v) is 18.6. The first-order valence-corrected chi connectivity index (χ1v) is 10.5. The molecule has 0 saturated heterocycles. The summed E-state index contributed by atoms with van der Waals surface area (Å²) >= 11 is 15.3. The van der Waals surface area contributed by atoms with E-state index in [-0.39, 0.29) is 0 Å². The van der Waals surface area contributed by atoms with Crippen LogP contribution in [0, 0.1) is 0 Å². The van der Waals surface area contributed by atoms with Crippen LogP contribution in [0.2, 0.25) is 10.0 Å². The molecule has 9 heteroatoms. The van der Waals surface area contributed by atoms with Gasteiger partial charge in [0, 0.05) is 16.4 Å². The molecule has 0 aliphatic rings. The molecule has 0 fully saturated rings. The minimum absolute atomic E-state index is 0.298. The van der Waals surface area contributed by atoms with Gasteiger partial charge in [-0.25, -0.2) is 4.98 Å². The minimum Gasteiger partial charge on any atom is -0.438 e. The Bertz CT molecular complexity index is 1130. The molecule has 0 bridgehead atoms. The molecule has 0 unspecified atom stereocenters. The van der Waals surface area contributed by atoms with Crippen molar-refractivity contribution < 1.29 is 9.26 Å². The third kappa shape index (κ3) is 5.50. The van der Waals surface area contributed by atoms with Crippen LogP contribution in [0.5, 0.6) is 11.6 Å². The molecule has 4 aromatic rings. The van der Waals surface area contributed by atoms with Crippen LogP contribution in [-0.4, -0.2) is 15.1 Å². The van der Waals surface area contributed by atoms with E-state index in [1.165, 1.54) is 6.20 Å². The van der Waals surface area contributed by atoms with Crippen LogP contribution in [0.3, 0.4) is 0 Å². The van der Waals surface area contributed by atoms with E-state index in [0.717, 1.165) is 15.7 Å². The summed E-state index contributed by atoms with van der Waals surface area (Å²) in [6.07, 6.45) is 2.07. The second kappa shape index (κ2) is 9.47. The quantitative estimate of drug-likeness (QED) is 0.308. The number of nitrogens with zero attached hydrogens (tertiary/aromatic N) is 3. The highest BCUT2D eigenvalue weighted by Gasteiger charge is 2.08. The van der Waals surface area contributed by atoms with Gasteiger partial charge in [-0.05, 0) is 48.0 Å². The van der Waals surface area contributed by atoms with Crippen molar-refractivity contribution in [3.63, 3.8) is 0 Å². The Labute approximate surface area is 191 Å². The highest BCUT2D eigenvalue weighted by molar-refractivity contribution is 9.10. The van der Waals surface area contributed by atoms with Crippen molar-refractivity contribution in [2.24, 2.45) is 0 Å². The van der Waals surface area contributed by atoms with E-state index >= 15 is 0 Å². The fraction of sp³-hybridized carbons (Fsp3) is 0.0952. The molecular formula is C21H15BrCl2N4O2. The molecular weight excluding hydrogens is 491 g/mol. The van der Waals surface area contributed by atoms with Crippen LogP contribution < -0.4 is 10.1 Å². The van der Waals surface area contributed by atoms with E-state index in [4.69, 9.17) is 32.5 Å². The first-order chi connectivity index (χ1) is 14.5. The maximum Gasteiger partial charge on any atom is 0.238 e. The first-order valence-electron chi connectivity index (χ1n) is 8.94. The van der Waals surface area contributed by atoms with Crippen LogP contribution in [0.25, 0.3) is 0 Å². The van der Waals surface area contributed by atoms with Gasteiger partial charge < -0.3 is 14.6 Å². The molecule has 0 amide bonds. The lowest BCUT2D eigenvalue weighted by atomic mass is 10.1. The number of anilines is 1. The predicted molar refractivity (Wildman–Crippen MR) is 119 cm³/mol. The summed E-state index contributed by atoms with van der Waals surface area (Å²) in [5.41, 5.74) is 1.99. The molecule has 2 aromatic carbocycles. The van der Waals surface area contributed by atoms with E-state index in [9.17, 15) is 0 Å². The van der Waals surface area contributed by atoms with Gasteiger partial charge in [-0.3, -0.25) is 0 Å². The number of aromatic nitrogens is 3. The molecule has 4 rings (SSSR count). The molecule has 0 aliphatic carbocycles. The number of ether oxygens (including phenoxy) is 1. The zero-order chi connectivity index (χ0) is 20.9. The summed E-state index contributed by atoms with van der Waals surface area (Å²) in [6.45, 7) is 0.439. The van der Waals surface area contributed by atoms with Crippen molar-refractivity contribution in [2.75, 3.05) is 5.32 Å². The Balaban J connectivity index is 1.32. The number of halogens is 3. The van der Waals surface area contributed by atoms with Gasteiger partial charge >= 0.3 is 0 Å². The number of benzene rings is 2. The lowest BCUT2D eigenvalue weighted by molar-refractivity contribution is 0.380. The highest BCUT2D eigenvalue weighted by atomic mass is 79.9. The smallest absolute Gasteiger partial charge is 0.238 e. The van der Waals surface area contributed by atoms with Gasteiger partial charge in [0.15, 0.2) is 5.82 Å². The molecule has 30 heavy (non-hydrogen) atoms. The summed E-state index contributed by atoms with van der Waals surface area (Å²) in [6, 6.07) is 17.0. The largest absolute Gasteiger partial charge is 0.438 e. The second-order valence-corrected chi connectivity index (χ2v) is 8.09. The molecule has 0 spiro atoms. The van der Waals surface area contributed by atoms with Crippen molar-refractivity contribution in [3.8, 4) is 11.6 Å². The normalized spacial score (nSPS) is 10.8. The number of hydrogen-bond acceptors (Lipinski definition) is 6. The topological polar surface area (TPSA) is 73.1 Å². The van der Waals surface area contributed by atoms with Crippen LogP contribution in [0.15, 0.2) is 69.8 Å². The van der Waals surface area contributed by atoms with Crippen molar-refractivity contribution >= 4 is 44.8 Å². The third-order valence-corrected chi connectivity index (χ3v) is 5.08. The molecule has 6 nitrogen and oxygen atoms in total. The molecule has 152 valence electrons. The summed E-state index contributed by atoms with van der Waals surface area (Å²) in [5, 5.41) is 8.07. The first kappa shape index (κ1) is 20.7. The van der Waals surface area contributed by atoms with Gasteiger partial charge in [-0.1, -0.05) is 56.4 Å². The van der Waals surface area contributed by atoms with Crippen LogP contribution in [-0.2, 0) is 13.0 Å². The summed E-state index contributed by atoms with van der Waals surface area (Å²) in [5.74, 6) is 2.06. The van der Waals surface area contributed by atoms with Gasteiger partial charge in [0.2, 0.25) is 11.8 Å². The lowest BCUT2D eigenvalue weighted by Crippen LogP contribution is -2.01. The second-order valence-electron chi connectivity index (χ2n) is 6.33. The number of nitrogens with one attached hydrogen (secondary N) is 1. The maximum atomic E-state index is 6.08. The van der Waals surface area contributed by atoms with Gasteiger partial charge in [-0.15, -0.1) is 0 Å². The van der Waals surface area contributed by atoms with Crippen molar-refractivity contribution in [3.05, 3.63) is 92.6 Å². The Morgan fingerprint density at radius 2 is 1.80 bits per heavy atom. The van der Waals surface area contributed by atoms with Gasteiger partial charge in [0.05, 0.1) is 18.0 Å². The summed E-state index contributed by atoms with van der Waals surface area (Å²) in [7, 11) is 0. The SMILES string of the molecule is Clc1cnc(Oc2ccc(NCc3noc(Cc4ccc(Br)cc4)n3)cc2)c(Cl)c1. The van der Waals surface area contributed by atoms with Crippen molar-refractivity contribution in [2.45, 2.75) is 13.0 Å². The van der Waals surface area contributed by atoms with E-state index < -0.39 is 0 Å². The van der Waals surface area contributed by atoms with Crippen molar-refractivity contribution in [1.82, 2.24) is 15.1 Å². The number of rotatable bonds is 7. The lowest BCUT2D eigenvalue weighted by Gasteiger charge is -2.08. The molecule has 0 aliphatic heterocycles. The highest BCUT2D eigenvalue weighted by Crippen LogP contribution is 2.29. The van der Waals surface area contributed by atoms with E-state index in [2.05, 4.69) is 36.4 Å². The van der Waals surface area contributed by atoms with Gasteiger partial charge in [0.25, 0.3) is 0 Å². The van der Waals surface area contributed by atoms with Gasteiger partial charge in [-0.2, -0.15) is 4.98 Å². The minimum atomic E-state index is 0.298. The summed E-state index contributed by atoms with van der Waals surface area (Å²) in [4.78, 5) is 8.50. The Kier molecular flexibility index (Phi) is 6.52. The Hall–Kier alpha value is -2.61. The summed E-state index contributed by atoms with van der Waals surface area (Å²) < 4.78 is 12.0. The Morgan fingerprint density at radius 1 is 1.03 bits per heavy atom. The third-order valence-electron chi connectivity index (χ3n) is 4.07. The average molecular weight is 506 g/mol. The molecule has 0 saturated carbocycles. The monoisotopic (exact) mass is 504 g/mol. The molecule has 2 aromatic heterocycles. The van der Waals surface area contributed by atoms with Crippen LogP contribution >= 0.6 is 39.1 Å². The number of pyridine rings is 1. The maximum absolute atomic E-state index is 6.08. The molecule has 0 atom stereocenters. The number of hydrogen-bond donors (Lipinski definition) is 1. The van der Waals surface area contributed by atoms with E-state index in [1.807, 2.05) is 48.5 Å². The molecule has 1 N–H and O–H groups in total. The van der Waals surface area contributed by atoms with Crippen molar-refractivity contribution in [1.29, 1.82) is 0 Å². The molecule has 2 heterocycles. The van der Waals surface area contributed by atoms with Crippen LogP contribution in [0.4, 0.5) is 5.69 Å². The predicted octanol–water partition coefficient (Wildman–Crippen LogP) is 6.53. The molecule has 0 radical (unpaired) electrons. The van der Waals surface area contributed by atoms with Gasteiger partial charge in [0.1, 0.15) is 10.8 Å². The fourth-order valence-corrected chi connectivity index (χ4v) is 3.30. The fourth-order valence-electron chi connectivity index (χ4n) is 2.62. The van der Waals surface area contributed by atoms with E-state index in [0.29, 0.717) is 46.4 Å². The average Bonchev–Trinajstić information content (AvgIpc) is 3.19. The zero-order valence-electron chi connectivity index (χ0n) is 15.5. The Morgan fingerprint density at radius 3 is 2.53 bits per heavy atom. The standard InChI is InChI=1S/C21H15BrCl2N4O2/c22-14-3-1-13(2-4-14)9-20-27-19(28-30-20)12-25-16-5-7-17(8-6-16)29-21-18(24)10-15(23)11-26-21/h1-8,10-11,25H,9,12H2.